The van der Waals surface area contributed by atoms with Crippen molar-refractivity contribution in [3.63, 3.8) is 0 Å². The van der Waals surface area contributed by atoms with Crippen LogP contribution in [0.5, 0.6) is 0 Å². The summed E-state index contributed by atoms with van der Waals surface area (Å²) < 4.78 is 0. The molecule has 0 amide bonds. The summed E-state index contributed by atoms with van der Waals surface area (Å²) >= 11 is 0. The molecule has 0 fully saturated rings. The molecule has 1 aromatic carbocycles. The summed E-state index contributed by atoms with van der Waals surface area (Å²) in [6, 6.07) is 7.77. The Hall–Kier alpha value is -1.88. The first-order chi connectivity index (χ1) is 8.50. The molecule has 5 nitrogen and oxygen atoms in total. The first-order valence-electron chi connectivity index (χ1n) is 5.76. The van der Waals surface area contributed by atoms with Crippen LogP contribution in [0.2, 0.25) is 0 Å². The van der Waals surface area contributed by atoms with E-state index in [-0.39, 0.29) is 0 Å². The summed E-state index contributed by atoms with van der Waals surface area (Å²) in [5.41, 5.74) is 1.04. The van der Waals surface area contributed by atoms with Gasteiger partial charge < -0.3 is 10.2 Å². The van der Waals surface area contributed by atoms with E-state index >= 15 is 0 Å². The Balaban J connectivity index is 2.53. The van der Waals surface area contributed by atoms with E-state index < -0.39 is 24.0 Å². The summed E-state index contributed by atoms with van der Waals surface area (Å²) in [7, 11) is 0. The van der Waals surface area contributed by atoms with E-state index in [0.29, 0.717) is 12.8 Å². The van der Waals surface area contributed by atoms with Crippen LogP contribution in [-0.2, 0) is 16.0 Å². The first kappa shape index (κ1) is 14.2. The predicted molar refractivity (Wildman–Crippen MR) is 66.4 cm³/mol. The molecule has 98 valence electrons. The Morgan fingerprint density at radius 1 is 1.17 bits per heavy atom. The third-order valence-corrected chi connectivity index (χ3v) is 2.68. The highest BCUT2D eigenvalue weighted by atomic mass is 16.4. The van der Waals surface area contributed by atoms with E-state index in [1.165, 1.54) is 6.92 Å². The molecule has 0 spiro atoms. The van der Waals surface area contributed by atoms with Crippen molar-refractivity contribution in [1.82, 2.24) is 5.32 Å². The SMILES string of the molecule is CC(N[C@H](CCc1ccccc1)C(=O)O)C(=O)O. The van der Waals surface area contributed by atoms with Gasteiger partial charge >= 0.3 is 11.9 Å². The van der Waals surface area contributed by atoms with E-state index in [4.69, 9.17) is 10.2 Å². The number of hydrogen-bond donors (Lipinski definition) is 3. The van der Waals surface area contributed by atoms with Crippen LogP contribution in [0.15, 0.2) is 30.3 Å². The second-order valence-electron chi connectivity index (χ2n) is 4.14. The van der Waals surface area contributed by atoms with Crippen molar-refractivity contribution in [3.05, 3.63) is 35.9 Å². The van der Waals surface area contributed by atoms with Gasteiger partial charge in [-0.25, -0.2) is 0 Å². The Kier molecular flexibility index (Phi) is 5.32. The van der Waals surface area contributed by atoms with Crippen LogP contribution in [0.3, 0.4) is 0 Å². The van der Waals surface area contributed by atoms with E-state index in [9.17, 15) is 9.59 Å². The van der Waals surface area contributed by atoms with Crippen molar-refractivity contribution in [2.45, 2.75) is 31.8 Å². The average Bonchev–Trinajstić information content (AvgIpc) is 2.34. The molecular weight excluding hydrogens is 234 g/mol. The lowest BCUT2D eigenvalue weighted by molar-refractivity contribution is -0.142. The van der Waals surface area contributed by atoms with Crippen LogP contribution in [-0.4, -0.2) is 34.2 Å². The number of benzene rings is 1. The number of nitrogens with one attached hydrogen (secondary N) is 1. The molecule has 0 heterocycles. The van der Waals surface area contributed by atoms with Crippen LogP contribution in [0.4, 0.5) is 0 Å². The summed E-state index contributed by atoms with van der Waals surface area (Å²) in [5.74, 6) is -2.08. The number of aryl methyl sites for hydroxylation is 1. The minimum absolute atomic E-state index is 0.358. The lowest BCUT2D eigenvalue weighted by Crippen LogP contribution is -2.45. The highest BCUT2D eigenvalue weighted by Gasteiger charge is 2.22. The molecular formula is C13H17NO4. The third kappa shape index (κ3) is 4.55. The molecule has 0 saturated carbocycles. The maximum absolute atomic E-state index is 11.0. The van der Waals surface area contributed by atoms with Gasteiger partial charge in [-0.05, 0) is 25.3 Å². The van der Waals surface area contributed by atoms with Crippen molar-refractivity contribution >= 4 is 11.9 Å². The van der Waals surface area contributed by atoms with Gasteiger partial charge in [-0.1, -0.05) is 30.3 Å². The fourth-order valence-corrected chi connectivity index (χ4v) is 1.61. The minimum Gasteiger partial charge on any atom is -0.480 e. The van der Waals surface area contributed by atoms with Crippen molar-refractivity contribution < 1.29 is 19.8 Å². The van der Waals surface area contributed by atoms with Gasteiger partial charge in [0.05, 0.1) is 0 Å². The summed E-state index contributed by atoms with van der Waals surface area (Å²) in [6.45, 7) is 1.43. The number of rotatable bonds is 7. The maximum Gasteiger partial charge on any atom is 0.320 e. The van der Waals surface area contributed by atoms with Crippen LogP contribution in [0, 0.1) is 0 Å². The number of carboxylic acids is 2. The molecule has 18 heavy (non-hydrogen) atoms. The Morgan fingerprint density at radius 2 is 1.78 bits per heavy atom. The Morgan fingerprint density at radius 3 is 2.28 bits per heavy atom. The van der Waals surface area contributed by atoms with Crippen molar-refractivity contribution in [1.29, 1.82) is 0 Å². The highest BCUT2D eigenvalue weighted by molar-refractivity contribution is 5.77. The molecule has 0 aliphatic heterocycles. The van der Waals surface area contributed by atoms with Crippen LogP contribution in [0.1, 0.15) is 18.9 Å². The van der Waals surface area contributed by atoms with Gasteiger partial charge in [-0.2, -0.15) is 0 Å². The molecule has 0 saturated heterocycles. The Labute approximate surface area is 105 Å². The molecule has 0 bridgehead atoms. The second-order valence-corrected chi connectivity index (χ2v) is 4.14. The van der Waals surface area contributed by atoms with E-state index in [1.807, 2.05) is 30.3 Å². The molecule has 1 rings (SSSR count). The zero-order valence-electron chi connectivity index (χ0n) is 10.2. The van der Waals surface area contributed by atoms with Crippen molar-refractivity contribution in [2.75, 3.05) is 0 Å². The van der Waals surface area contributed by atoms with Gasteiger partial charge in [-0.3, -0.25) is 14.9 Å². The van der Waals surface area contributed by atoms with Crippen LogP contribution >= 0.6 is 0 Å². The lowest BCUT2D eigenvalue weighted by atomic mass is 10.0. The van der Waals surface area contributed by atoms with Crippen molar-refractivity contribution in [3.8, 4) is 0 Å². The van der Waals surface area contributed by atoms with E-state index in [1.54, 1.807) is 0 Å². The fourth-order valence-electron chi connectivity index (χ4n) is 1.61. The van der Waals surface area contributed by atoms with Gasteiger partial charge in [0.25, 0.3) is 0 Å². The molecule has 0 aliphatic carbocycles. The minimum atomic E-state index is -1.05. The summed E-state index contributed by atoms with van der Waals surface area (Å²) in [5, 5.41) is 20.4. The van der Waals surface area contributed by atoms with Gasteiger partial charge in [0.1, 0.15) is 12.1 Å². The van der Waals surface area contributed by atoms with Gasteiger partial charge in [0.15, 0.2) is 0 Å². The van der Waals surface area contributed by atoms with Gasteiger partial charge in [-0.15, -0.1) is 0 Å². The molecule has 5 heteroatoms. The van der Waals surface area contributed by atoms with Crippen LogP contribution < -0.4 is 5.32 Å². The maximum atomic E-state index is 11.0. The second kappa shape index (κ2) is 6.76. The van der Waals surface area contributed by atoms with Gasteiger partial charge in [0, 0.05) is 0 Å². The number of carboxylic acid groups (broad SMARTS) is 2. The van der Waals surface area contributed by atoms with Crippen LogP contribution in [0.25, 0.3) is 0 Å². The third-order valence-electron chi connectivity index (χ3n) is 2.68. The zero-order chi connectivity index (χ0) is 13.5. The monoisotopic (exact) mass is 251 g/mol. The van der Waals surface area contributed by atoms with Gasteiger partial charge in [0.2, 0.25) is 0 Å². The largest absolute Gasteiger partial charge is 0.480 e. The summed E-state index contributed by atoms with van der Waals surface area (Å²) in [4.78, 5) is 21.7. The molecule has 0 aromatic heterocycles. The smallest absolute Gasteiger partial charge is 0.320 e. The standard InChI is InChI=1S/C13H17NO4/c1-9(12(15)16)14-11(13(17)18)8-7-10-5-3-2-4-6-10/h2-6,9,11,14H,7-8H2,1H3,(H,15,16)(H,17,18)/t9?,11-/m1/s1. The Bertz CT molecular complexity index is 405. The molecule has 0 radical (unpaired) electrons. The van der Waals surface area contributed by atoms with E-state index in [0.717, 1.165) is 5.56 Å². The molecule has 0 aliphatic rings. The topological polar surface area (TPSA) is 86.6 Å². The molecule has 1 unspecified atom stereocenters. The average molecular weight is 251 g/mol. The summed E-state index contributed by atoms with van der Waals surface area (Å²) in [6.07, 6.45) is 0.952. The number of hydrogen-bond acceptors (Lipinski definition) is 3. The zero-order valence-corrected chi connectivity index (χ0v) is 10.2. The normalized spacial score (nSPS) is 13.8. The van der Waals surface area contributed by atoms with Crippen molar-refractivity contribution in [2.24, 2.45) is 0 Å². The quantitative estimate of drug-likeness (QED) is 0.676. The highest BCUT2D eigenvalue weighted by Crippen LogP contribution is 2.06. The lowest BCUT2D eigenvalue weighted by Gasteiger charge is -2.17. The molecule has 2 atom stereocenters. The number of carbonyl (C=O) groups is 2. The molecule has 1 aromatic rings. The first-order valence-corrected chi connectivity index (χ1v) is 5.76. The van der Waals surface area contributed by atoms with E-state index in [2.05, 4.69) is 5.32 Å². The predicted octanol–water partition coefficient (Wildman–Crippen LogP) is 1.14. The number of aliphatic carboxylic acids is 2. The molecule has 3 N–H and O–H groups in total. The fraction of sp³-hybridized carbons (Fsp3) is 0.385.